The topological polar surface area (TPSA) is 50.8 Å². The molecule has 3 aliphatic rings. The second kappa shape index (κ2) is 4.13. The van der Waals surface area contributed by atoms with Crippen molar-refractivity contribution in [1.29, 1.82) is 0 Å². The van der Waals surface area contributed by atoms with Crippen LogP contribution in [0.2, 0.25) is 0 Å². The summed E-state index contributed by atoms with van der Waals surface area (Å²) in [4.78, 5) is 14.2. The van der Waals surface area contributed by atoms with E-state index in [4.69, 9.17) is 9.47 Å². The lowest BCUT2D eigenvalue weighted by Crippen LogP contribution is -2.44. The van der Waals surface area contributed by atoms with E-state index in [9.17, 15) is 4.79 Å². The number of ether oxygens (including phenoxy) is 2. The van der Waals surface area contributed by atoms with Gasteiger partial charge in [0.15, 0.2) is 11.5 Å². The first-order valence-electron chi connectivity index (χ1n) is 6.75. The van der Waals surface area contributed by atoms with E-state index in [1.807, 2.05) is 23.1 Å². The third kappa shape index (κ3) is 1.69. The van der Waals surface area contributed by atoms with Gasteiger partial charge in [0.2, 0.25) is 12.7 Å². The summed E-state index contributed by atoms with van der Waals surface area (Å²) in [6.45, 7) is 2.19. The average molecular weight is 260 g/mol. The molecular weight excluding hydrogens is 244 g/mol. The molecule has 100 valence electrons. The predicted molar refractivity (Wildman–Crippen MR) is 69.4 cm³/mol. The summed E-state index contributed by atoms with van der Waals surface area (Å²) in [7, 11) is 0. The molecule has 1 aromatic carbocycles. The fourth-order valence-electron chi connectivity index (χ4n) is 3.34. The fourth-order valence-corrected chi connectivity index (χ4v) is 3.34. The number of hydrogen-bond donors (Lipinski definition) is 1. The van der Waals surface area contributed by atoms with Crippen molar-refractivity contribution in [3.63, 3.8) is 0 Å². The van der Waals surface area contributed by atoms with E-state index in [0.29, 0.717) is 18.4 Å². The van der Waals surface area contributed by atoms with Crippen molar-refractivity contribution < 1.29 is 14.3 Å². The molecule has 1 aromatic rings. The fraction of sp³-hybridized carbons (Fsp3) is 0.500. The van der Waals surface area contributed by atoms with Gasteiger partial charge in [-0.25, -0.2) is 0 Å². The van der Waals surface area contributed by atoms with Gasteiger partial charge in [-0.3, -0.25) is 4.79 Å². The molecular formula is C14H16N2O3. The number of rotatable bonds is 1. The minimum Gasteiger partial charge on any atom is -0.454 e. The Bertz CT molecular complexity index is 531. The standard InChI is InChI=1S/C14H16N2O3/c17-14-5-9-7-15-4-3-11(9)16(14)10-1-2-12-13(6-10)19-8-18-12/h1-2,6,9,11,15H,3-5,7-8H2. The van der Waals surface area contributed by atoms with E-state index in [1.165, 1.54) is 0 Å². The number of nitrogens with zero attached hydrogens (tertiary/aromatic N) is 1. The van der Waals surface area contributed by atoms with E-state index in [0.717, 1.165) is 36.7 Å². The monoisotopic (exact) mass is 260 g/mol. The highest BCUT2D eigenvalue weighted by molar-refractivity contribution is 5.97. The first kappa shape index (κ1) is 11.1. The van der Waals surface area contributed by atoms with Crippen LogP contribution in [0.3, 0.4) is 0 Å². The molecule has 1 N–H and O–H groups in total. The van der Waals surface area contributed by atoms with E-state index < -0.39 is 0 Å². The predicted octanol–water partition coefficient (Wildman–Crippen LogP) is 1.13. The summed E-state index contributed by atoms with van der Waals surface area (Å²) < 4.78 is 10.7. The van der Waals surface area contributed by atoms with Gasteiger partial charge in [-0.05, 0) is 25.1 Å². The lowest BCUT2D eigenvalue weighted by atomic mass is 9.94. The molecule has 3 heterocycles. The molecule has 5 nitrogen and oxygen atoms in total. The summed E-state index contributed by atoms with van der Waals surface area (Å²) in [5.41, 5.74) is 0.934. The van der Waals surface area contributed by atoms with Crippen molar-refractivity contribution in [1.82, 2.24) is 5.32 Å². The van der Waals surface area contributed by atoms with Crippen molar-refractivity contribution >= 4 is 11.6 Å². The maximum Gasteiger partial charge on any atom is 0.231 e. The molecule has 2 fully saturated rings. The normalized spacial score (nSPS) is 28.6. The minimum atomic E-state index is 0.220. The maximum absolute atomic E-state index is 12.3. The van der Waals surface area contributed by atoms with E-state index in [1.54, 1.807) is 0 Å². The lowest BCUT2D eigenvalue weighted by molar-refractivity contribution is -0.117. The van der Waals surface area contributed by atoms with Crippen LogP contribution in [0, 0.1) is 5.92 Å². The molecule has 0 bridgehead atoms. The second-order valence-electron chi connectivity index (χ2n) is 5.33. The van der Waals surface area contributed by atoms with Crippen LogP contribution in [-0.2, 0) is 4.79 Å². The summed E-state index contributed by atoms with van der Waals surface area (Å²) >= 11 is 0. The van der Waals surface area contributed by atoms with E-state index in [-0.39, 0.29) is 12.7 Å². The zero-order valence-electron chi connectivity index (χ0n) is 10.6. The zero-order chi connectivity index (χ0) is 12.8. The number of anilines is 1. The van der Waals surface area contributed by atoms with Crippen LogP contribution in [0.15, 0.2) is 18.2 Å². The van der Waals surface area contributed by atoms with Gasteiger partial charge in [-0.1, -0.05) is 0 Å². The van der Waals surface area contributed by atoms with Gasteiger partial charge in [-0.15, -0.1) is 0 Å². The van der Waals surface area contributed by atoms with Crippen molar-refractivity contribution in [3.8, 4) is 11.5 Å². The first-order chi connectivity index (χ1) is 9.33. The van der Waals surface area contributed by atoms with Crippen LogP contribution in [0.25, 0.3) is 0 Å². The van der Waals surface area contributed by atoms with Gasteiger partial charge < -0.3 is 19.7 Å². The van der Waals surface area contributed by atoms with Crippen molar-refractivity contribution in [2.24, 2.45) is 5.92 Å². The third-order valence-corrected chi connectivity index (χ3v) is 4.24. The summed E-state index contributed by atoms with van der Waals surface area (Å²) in [5, 5.41) is 3.37. The Balaban J connectivity index is 1.69. The Kier molecular flexibility index (Phi) is 2.41. The lowest BCUT2D eigenvalue weighted by Gasteiger charge is -2.32. The Hall–Kier alpha value is -1.75. The molecule has 0 aliphatic carbocycles. The molecule has 0 saturated carbocycles. The number of hydrogen-bond acceptors (Lipinski definition) is 4. The molecule has 4 rings (SSSR count). The Labute approximate surface area is 111 Å². The van der Waals surface area contributed by atoms with Crippen LogP contribution < -0.4 is 19.7 Å². The van der Waals surface area contributed by atoms with Gasteiger partial charge in [-0.2, -0.15) is 0 Å². The molecule has 1 amide bonds. The Morgan fingerprint density at radius 1 is 1.26 bits per heavy atom. The summed E-state index contributed by atoms with van der Waals surface area (Å²) in [6, 6.07) is 6.09. The number of carbonyl (C=O) groups excluding carboxylic acids is 1. The molecule has 2 saturated heterocycles. The molecule has 2 atom stereocenters. The highest BCUT2D eigenvalue weighted by atomic mass is 16.7. The van der Waals surface area contributed by atoms with Crippen molar-refractivity contribution in [2.75, 3.05) is 24.8 Å². The van der Waals surface area contributed by atoms with E-state index >= 15 is 0 Å². The van der Waals surface area contributed by atoms with Gasteiger partial charge in [0, 0.05) is 36.7 Å². The van der Waals surface area contributed by atoms with Crippen molar-refractivity contribution in [3.05, 3.63) is 18.2 Å². The number of benzene rings is 1. The average Bonchev–Trinajstić information content (AvgIpc) is 3.00. The zero-order valence-corrected chi connectivity index (χ0v) is 10.6. The van der Waals surface area contributed by atoms with Crippen LogP contribution in [-0.4, -0.2) is 31.8 Å². The minimum absolute atomic E-state index is 0.220. The molecule has 0 aromatic heterocycles. The second-order valence-corrected chi connectivity index (χ2v) is 5.33. The first-order valence-corrected chi connectivity index (χ1v) is 6.75. The highest BCUT2D eigenvalue weighted by Crippen LogP contribution is 2.39. The number of amides is 1. The summed E-state index contributed by atoms with van der Waals surface area (Å²) in [6.07, 6.45) is 1.66. The van der Waals surface area contributed by atoms with Gasteiger partial charge in [0.25, 0.3) is 0 Å². The van der Waals surface area contributed by atoms with Crippen LogP contribution >= 0.6 is 0 Å². The van der Waals surface area contributed by atoms with Crippen LogP contribution in [0.4, 0.5) is 5.69 Å². The maximum atomic E-state index is 12.3. The Morgan fingerprint density at radius 3 is 3.11 bits per heavy atom. The van der Waals surface area contributed by atoms with Gasteiger partial charge >= 0.3 is 0 Å². The van der Waals surface area contributed by atoms with Gasteiger partial charge in [0.05, 0.1) is 0 Å². The smallest absolute Gasteiger partial charge is 0.231 e. The molecule has 19 heavy (non-hydrogen) atoms. The van der Waals surface area contributed by atoms with Crippen molar-refractivity contribution in [2.45, 2.75) is 18.9 Å². The quantitative estimate of drug-likeness (QED) is 0.822. The Morgan fingerprint density at radius 2 is 2.16 bits per heavy atom. The third-order valence-electron chi connectivity index (χ3n) is 4.24. The number of fused-ring (bicyclic) bond motifs is 2. The summed E-state index contributed by atoms with van der Waals surface area (Å²) in [5.74, 6) is 2.16. The molecule has 2 unspecified atom stereocenters. The number of piperidine rings is 1. The molecule has 5 heteroatoms. The molecule has 3 aliphatic heterocycles. The highest BCUT2D eigenvalue weighted by Gasteiger charge is 2.41. The molecule has 0 spiro atoms. The largest absolute Gasteiger partial charge is 0.454 e. The SMILES string of the molecule is O=C1CC2CNCCC2N1c1ccc2c(c1)OCO2. The van der Waals surface area contributed by atoms with E-state index in [2.05, 4.69) is 5.32 Å². The van der Waals surface area contributed by atoms with Gasteiger partial charge in [0.1, 0.15) is 0 Å². The molecule has 0 radical (unpaired) electrons. The van der Waals surface area contributed by atoms with Crippen LogP contribution in [0.5, 0.6) is 11.5 Å². The van der Waals surface area contributed by atoms with Crippen LogP contribution in [0.1, 0.15) is 12.8 Å². The number of nitrogens with one attached hydrogen (secondary N) is 1. The number of carbonyl (C=O) groups is 1.